The molecule has 0 atom stereocenters. The zero-order chi connectivity index (χ0) is 19.7. The fourth-order valence-electron chi connectivity index (χ4n) is 3.62. The van der Waals surface area contributed by atoms with Gasteiger partial charge in [-0.3, -0.25) is 0 Å². The first-order chi connectivity index (χ1) is 13.4. The van der Waals surface area contributed by atoms with Gasteiger partial charge in [0.25, 0.3) is 0 Å². The number of hydrogen-bond donors (Lipinski definition) is 2. The van der Waals surface area contributed by atoms with Crippen molar-refractivity contribution in [1.82, 2.24) is 30.4 Å². The Morgan fingerprint density at radius 3 is 2.68 bits per heavy atom. The molecular weight excluding hydrogens is 358 g/mol. The lowest BCUT2D eigenvalue weighted by atomic mass is 9.96. The van der Waals surface area contributed by atoms with E-state index >= 15 is 0 Å². The molecule has 2 aliphatic heterocycles. The van der Waals surface area contributed by atoms with E-state index in [1.807, 2.05) is 16.6 Å². The molecule has 152 valence electrons. The fraction of sp³-hybridized carbons (Fsp3) is 0.684. The number of hydrogen-bond acceptors (Lipinski definition) is 6. The number of fused-ring (bicyclic) bond motifs is 1. The van der Waals surface area contributed by atoms with Crippen molar-refractivity contribution in [3.8, 4) is 0 Å². The highest BCUT2D eigenvalue weighted by Crippen LogP contribution is 2.25. The average Bonchev–Trinajstić information content (AvgIpc) is 3.05. The molecule has 2 saturated heterocycles. The topological polar surface area (TPSA) is 96.7 Å². The standard InChI is InChI=1S/C19H29N7O2/c1-19(2,3)17-23-22-15-4-5-16(24-26(15)17)25-11-13(12-25)10-20-18(27)21-14-6-8-28-9-7-14/h4-5,13-14H,6-12H2,1-3H3,(H2,20,21,27). The number of nitrogens with zero attached hydrogens (tertiary/aromatic N) is 5. The average molecular weight is 387 g/mol. The Hall–Kier alpha value is -2.42. The molecule has 2 aliphatic rings. The van der Waals surface area contributed by atoms with Crippen molar-refractivity contribution in [1.29, 1.82) is 0 Å². The van der Waals surface area contributed by atoms with Gasteiger partial charge in [-0.15, -0.1) is 15.3 Å². The summed E-state index contributed by atoms with van der Waals surface area (Å²) in [6.07, 6.45) is 1.77. The van der Waals surface area contributed by atoms with Crippen LogP contribution < -0.4 is 15.5 Å². The summed E-state index contributed by atoms with van der Waals surface area (Å²) in [7, 11) is 0. The monoisotopic (exact) mass is 387 g/mol. The summed E-state index contributed by atoms with van der Waals surface area (Å²) < 4.78 is 7.15. The number of urea groups is 1. The highest BCUT2D eigenvalue weighted by molar-refractivity contribution is 5.74. The SMILES string of the molecule is CC(C)(C)c1nnc2ccc(N3CC(CNC(=O)NC4CCOCC4)C3)nn12. The number of nitrogens with one attached hydrogen (secondary N) is 2. The van der Waals surface area contributed by atoms with E-state index in [0.717, 1.165) is 56.4 Å². The van der Waals surface area contributed by atoms with E-state index in [4.69, 9.17) is 9.84 Å². The number of carbonyl (C=O) groups is 1. The minimum absolute atomic E-state index is 0.0794. The van der Waals surface area contributed by atoms with Gasteiger partial charge < -0.3 is 20.3 Å². The van der Waals surface area contributed by atoms with Crippen LogP contribution in [0.1, 0.15) is 39.4 Å². The number of anilines is 1. The maximum atomic E-state index is 12.0. The van der Waals surface area contributed by atoms with Crippen LogP contribution in [0.25, 0.3) is 5.65 Å². The molecular formula is C19H29N7O2. The molecule has 0 bridgehead atoms. The summed E-state index contributed by atoms with van der Waals surface area (Å²) in [5.74, 6) is 2.20. The quantitative estimate of drug-likeness (QED) is 0.822. The summed E-state index contributed by atoms with van der Waals surface area (Å²) >= 11 is 0. The Balaban J connectivity index is 1.28. The molecule has 9 heteroatoms. The molecule has 0 aliphatic carbocycles. The molecule has 0 saturated carbocycles. The fourth-order valence-corrected chi connectivity index (χ4v) is 3.62. The lowest BCUT2D eigenvalue weighted by Gasteiger charge is -2.40. The summed E-state index contributed by atoms with van der Waals surface area (Å²) in [6, 6.07) is 4.09. The van der Waals surface area contributed by atoms with Crippen molar-refractivity contribution in [2.45, 2.75) is 45.1 Å². The number of aromatic nitrogens is 4. The van der Waals surface area contributed by atoms with Crippen molar-refractivity contribution in [3.63, 3.8) is 0 Å². The van der Waals surface area contributed by atoms with Crippen LogP contribution in [0, 0.1) is 5.92 Å². The van der Waals surface area contributed by atoms with Crippen molar-refractivity contribution < 1.29 is 9.53 Å². The second kappa shape index (κ2) is 7.54. The van der Waals surface area contributed by atoms with Gasteiger partial charge >= 0.3 is 6.03 Å². The van der Waals surface area contributed by atoms with Crippen molar-refractivity contribution in [2.24, 2.45) is 5.92 Å². The summed E-state index contributed by atoms with van der Waals surface area (Å²) in [5, 5.41) is 19.3. The van der Waals surface area contributed by atoms with Gasteiger partial charge in [0.15, 0.2) is 11.5 Å². The van der Waals surface area contributed by atoms with Crippen LogP contribution in [0.2, 0.25) is 0 Å². The van der Waals surface area contributed by atoms with Gasteiger partial charge in [-0.05, 0) is 25.0 Å². The Bertz CT molecular complexity index is 832. The summed E-state index contributed by atoms with van der Waals surface area (Å²) in [5.41, 5.74) is 0.641. The predicted molar refractivity (Wildman–Crippen MR) is 106 cm³/mol. The van der Waals surface area contributed by atoms with Crippen molar-refractivity contribution in [2.75, 3.05) is 37.7 Å². The zero-order valence-corrected chi connectivity index (χ0v) is 16.8. The molecule has 2 fully saturated rings. The maximum absolute atomic E-state index is 12.0. The summed E-state index contributed by atoms with van der Waals surface area (Å²) in [6.45, 7) is 10.2. The predicted octanol–water partition coefficient (Wildman–Crippen LogP) is 1.34. The lowest BCUT2D eigenvalue weighted by Crippen LogP contribution is -2.54. The Labute approximate surface area is 164 Å². The van der Waals surface area contributed by atoms with Crippen LogP contribution in [0.3, 0.4) is 0 Å². The lowest BCUT2D eigenvalue weighted by molar-refractivity contribution is 0.0800. The van der Waals surface area contributed by atoms with Crippen LogP contribution in [-0.4, -0.2) is 64.7 Å². The van der Waals surface area contributed by atoms with Crippen LogP contribution in [0.4, 0.5) is 10.6 Å². The van der Waals surface area contributed by atoms with Gasteiger partial charge in [-0.1, -0.05) is 20.8 Å². The smallest absolute Gasteiger partial charge is 0.315 e. The molecule has 0 unspecified atom stereocenters. The first-order valence-electron chi connectivity index (χ1n) is 10.00. The number of ether oxygens (including phenoxy) is 1. The zero-order valence-electron chi connectivity index (χ0n) is 16.8. The van der Waals surface area contributed by atoms with Gasteiger partial charge in [0.05, 0.1) is 0 Å². The molecule has 2 aromatic rings. The third-order valence-electron chi connectivity index (χ3n) is 5.31. The van der Waals surface area contributed by atoms with E-state index < -0.39 is 0 Å². The minimum Gasteiger partial charge on any atom is -0.381 e. The van der Waals surface area contributed by atoms with Gasteiger partial charge in [0.1, 0.15) is 5.82 Å². The first kappa shape index (κ1) is 18.9. The normalized spacial score (nSPS) is 18.9. The second-order valence-electron chi connectivity index (χ2n) is 8.75. The van der Waals surface area contributed by atoms with Crippen molar-refractivity contribution >= 4 is 17.5 Å². The molecule has 4 rings (SSSR count). The molecule has 0 aromatic carbocycles. The largest absolute Gasteiger partial charge is 0.381 e. The third-order valence-corrected chi connectivity index (χ3v) is 5.31. The van der Waals surface area contributed by atoms with E-state index in [0.29, 0.717) is 12.5 Å². The van der Waals surface area contributed by atoms with Gasteiger partial charge in [-0.2, -0.15) is 4.52 Å². The van der Waals surface area contributed by atoms with Gasteiger partial charge in [0, 0.05) is 50.2 Å². The first-order valence-corrected chi connectivity index (χ1v) is 10.00. The molecule has 0 spiro atoms. The van der Waals surface area contributed by atoms with Crippen LogP contribution in [0.15, 0.2) is 12.1 Å². The van der Waals surface area contributed by atoms with Crippen molar-refractivity contribution in [3.05, 3.63) is 18.0 Å². The third kappa shape index (κ3) is 4.04. The molecule has 9 nitrogen and oxygen atoms in total. The van der Waals surface area contributed by atoms with E-state index in [2.05, 4.69) is 46.5 Å². The van der Waals surface area contributed by atoms with Gasteiger partial charge in [-0.25, -0.2) is 4.79 Å². The molecule has 4 heterocycles. The molecule has 2 N–H and O–H groups in total. The molecule has 28 heavy (non-hydrogen) atoms. The Morgan fingerprint density at radius 1 is 1.21 bits per heavy atom. The summed E-state index contributed by atoms with van der Waals surface area (Å²) in [4.78, 5) is 14.3. The molecule has 2 aromatic heterocycles. The van der Waals surface area contributed by atoms with Crippen LogP contribution >= 0.6 is 0 Å². The van der Waals surface area contributed by atoms with Crippen LogP contribution in [0.5, 0.6) is 0 Å². The minimum atomic E-state index is -0.121. The van der Waals surface area contributed by atoms with E-state index in [9.17, 15) is 4.79 Å². The highest BCUT2D eigenvalue weighted by atomic mass is 16.5. The van der Waals surface area contributed by atoms with E-state index in [-0.39, 0.29) is 17.5 Å². The highest BCUT2D eigenvalue weighted by Gasteiger charge is 2.29. The molecule has 2 amide bonds. The van der Waals surface area contributed by atoms with Crippen LogP contribution in [-0.2, 0) is 10.2 Å². The van der Waals surface area contributed by atoms with Gasteiger partial charge in [0.2, 0.25) is 0 Å². The second-order valence-corrected chi connectivity index (χ2v) is 8.75. The number of carbonyl (C=O) groups excluding carboxylic acids is 1. The Kier molecular flexibility index (Phi) is 5.09. The van der Waals surface area contributed by atoms with E-state index in [1.165, 1.54) is 0 Å². The Morgan fingerprint density at radius 2 is 1.96 bits per heavy atom. The molecule has 0 radical (unpaired) electrons. The maximum Gasteiger partial charge on any atom is 0.315 e. The van der Waals surface area contributed by atoms with E-state index in [1.54, 1.807) is 0 Å². The number of amides is 2. The number of rotatable bonds is 4.